The molecular formula is C16H31N3O2. The molecule has 3 atom stereocenters. The zero-order chi connectivity index (χ0) is 16.0. The number of nitrogens with zero attached hydrogens (tertiary/aromatic N) is 1. The van der Waals surface area contributed by atoms with E-state index in [1.165, 1.54) is 6.92 Å². The molecule has 0 aliphatic carbocycles. The van der Waals surface area contributed by atoms with Crippen LogP contribution in [-0.4, -0.2) is 54.4 Å². The van der Waals surface area contributed by atoms with Crippen molar-refractivity contribution in [2.45, 2.75) is 65.6 Å². The van der Waals surface area contributed by atoms with Crippen molar-refractivity contribution in [2.24, 2.45) is 5.92 Å². The lowest BCUT2D eigenvalue weighted by Gasteiger charge is -2.39. The molecule has 5 heteroatoms. The van der Waals surface area contributed by atoms with Crippen LogP contribution in [0.4, 0.5) is 0 Å². The Morgan fingerprint density at radius 1 is 1.29 bits per heavy atom. The summed E-state index contributed by atoms with van der Waals surface area (Å²) in [5.74, 6) is 0.107. The molecule has 1 amide bonds. The van der Waals surface area contributed by atoms with E-state index in [1.807, 2.05) is 13.8 Å². The molecule has 0 spiro atoms. The maximum atomic E-state index is 12.3. The second-order valence-electron chi connectivity index (χ2n) is 6.40. The van der Waals surface area contributed by atoms with Gasteiger partial charge in [-0.15, -0.1) is 0 Å². The summed E-state index contributed by atoms with van der Waals surface area (Å²) in [6.07, 6.45) is 2.09. The maximum absolute atomic E-state index is 12.3. The van der Waals surface area contributed by atoms with Gasteiger partial charge in [0.2, 0.25) is 5.91 Å². The van der Waals surface area contributed by atoms with Crippen LogP contribution in [0.3, 0.4) is 0 Å². The Morgan fingerprint density at radius 3 is 2.43 bits per heavy atom. The highest BCUT2D eigenvalue weighted by Gasteiger charge is 2.28. The lowest BCUT2D eigenvalue weighted by molar-refractivity contribution is -0.129. The number of rotatable bonds is 7. The Kier molecular flexibility index (Phi) is 7.32. The molecule has 1 fully saturated rings. The van der Waals surface area contributed by atoms with Gasteiger partial charge in [-0.25, -0.2) is 0 Å². The number of nitrogens with one attached hydrogen (secondary N) is 2. The largest absolute Gasteiger partial charge is 0.345 e. The number of hydrogen-bond acceptors (Lipinski definition) is 4. The van der Waals surface area contributed by atoms with Gasteiger partial charge in [0.1, 0.15) is 0 Å². The lowest BCUT2D eigenvalue weighted by Crippen LogP contribution is -2.58. The normalized spacial score (nSPS) is 24.9. The van der Waals surface area contributed by atoms with Gasteiger partial charge in [-0.3, -0.25) is 14.5 Å². The van der Waals surface area contributed by atoms with Gasteiger partial charge in [0.05, 0.1) is 12.6 Å². The number of hydrogen-bond donors (Lipinski definition) is 2. The summed E-state index contributed by atoms with van der Waals surface area (Å²) in [4.78, 5) is 26.1. The quantitative estimate of drug-likeness (QED) is 0.741. The first-order valence-corrected chi connectivity index (χ1v) is 8.16. The van der Waals surface area contributed by atoms with Crippen molar-refractivity contribution in [2.75, 3.05) is 19.6 Å². The fourth-order valence-electron chi connectivity index (χ4n) is 2.94. The van der Waals surface area contributed by atoms with Crippen LogP contribution in [0.1, 0.15) is 47.5 Å². The Labute approximate surface area is 128 Å². The average molecular weight is 297 g/mol. The molecule has 122 valence electrons. The molecule has 1 heterocycles. The molecule has 5 nitrogen and oxygen atoms in total. The third-order valence-electron chi connectivity index (χ3n) is 4.35. The number of carbonyl (C=O) groups is 2. The molecular weight excluding hydrogens is 266 g/mol. The van der Waals surface area contributed by atoms with Crippen LogP contribution >= 0.6 is 0 Å². The number of amides is 1. The molecule has 3 unspecified atom stereocenters. The van der Waals surface area contributed by atoms with Gasteiger partial charge in [0.25, 0.3) is 0 Å². The van der Waals surface area contributed by atoms with E-state index in [2.05, 4.69) is 29.4 Å². The van der Waals surface area contributed by atoms with E-state index in [-0.39, 0.29) is 23.7 Å². The smallest absolute Gasteiger partial charge is 0.234 e. The maximum Gasteiger partial charge on any atom is 0.234 e. The average Bonchev–Trinajstić information content (AvgIpc) is 2.43. The van der Waals surface area contributed by atoms with E-state index < -0.39 is 0 Å². The van der Waals surface area contributed by atoms with E-state index in [0.717, 1.165) is 25.9 Å². The van der Waals surface area contributed by atoms with Gasteiger partial charge >= 0.3 is 0 Å². The minimum absolute atomic E-state index is 0.0251. The van der Waals surface area contributed by atoms with Crippen molar-refractivity contribution in [3.8, 4) is 0 Å². The van der Waals surface area contributed by atoms with Crippen LogP contribution in [0.5, 0.6) is 0 Å². The number of Topliss-reactive ketones (excluding diaryl/α,β-unsaturated/α-hetero) is 1. The summed E-state index contributed by atoms with van der Waals surface area (Å²) >= 11 is 0. The fraction of sp³-hybridized carbons (Fsp3) is 0.875. The summed E-state index contributed by atoms with van der Waals surface area (Å²) < 4.78 is 0. The first kappa shape index (κ1) is 18.1. The van der Waals surface area contributed by atoms with Gasteiger partial charge in [0, 0.05) is 25.2 Å². The molecule has 0 bridgehead atoms. The summed E-state index contributed by atoms with van der Waals surface area (Å²) in [5.41, 5.74) is 0. The van der Waals surface area contributed by atoms with Crippen molar-refractivity contribution in [3.63, 3.8) is 0 Å². The topological polar surface area (TPSA) is 61.4 Å². The van der Waals surface area contributed by atoms with E-state index in [0.29, 0.717) is 18.6 Å². The number of piperazine rings is 1. The summed E-state index contributed by atoms with van der Waals surface area (Å²) in [7, 11) is 0. The lowest BCUT2D eigenvalue weighted by atomic mass is 10.0. The van der Waals surface area contributed by atoms with Crippen molar-refractivity contribution >= 4 is 11.7 Å². The molecule has 1 aliphatic rings. The minimum Gasteiger partial charge on any atom is -0.345 e. The molecule has 0 saturated carbocycles. The van der Waals surface area contributed by atoms with Crippen LogP contribution in [-0.2, 0) is 9.59 Å². The highest BCUT2D eigenvalue weighted by atomic mass is 16.2. The van der Waals surface area contributed by atoms with Gasteiger partial charge in [-0.1, -0.05) is 27.7 Å². The van der Waals surface area contributed by atoms with Crippen molar-refractivity contribution in [1.82, 2.24) is 15.5 Å². The molecule has 1 saturated heterocycles. The van der Waals surface area contributed by atoms with Gasteiger partial charge in [0.15, 0.2) is 5.78 Å². The van der Waals surface area contributed by atoms with Gasteiger partial charge in [-0.05, 0) is 25.7 Å². The number of carbonyl (C=O) groups excluding carboxylic acids is 2. The monoisotopic (exact) mass is 297 g/mol. The van der Waals surface area contributed by atoms with Crippen LogP contribution in [0.2, 0.25) is 0 Å². The SMILES string of the molecule is CCC1CN(CC(=O)NC(C(C)=O)C(C)C)C(CC)CN1. The van der Waals surface area contributed by atoms with E-state index in [1.54, 1.807) is 0 Å². The second-order valence-corrected chi connectivity index (χ2v) is 6.40. The van der Waals surface area contributed by atoms with Gasteiger partial charge in [-0.2, -0.15) is 0 Å². The van der Waals surface area contributed by atoms with Crippen LogP contribution in [0, 0.1) is 5.92 Å². The van der Waals surface area contributed by atoms with Gasteiger partial charge < -0.3 is 10.6 Å². The van der Waals surface area contributed by atoms with Crippen LogP contribution < -0.4 is 10.6 Å². The Hall–Kier alpha value is -0.940. The highest BCUT2D eigenvalue weighted by Crippen LogP contribution is 2.12. The zero-order valence-corrected chi connectivity index (χ0v) is 14.1. The summed E-state index contributed by atoms with van der Waals surface area (Å²) in [6.45, 7) is 12.0. The molecule has 0 aromatic rings. The molecule has 0 radical (unpaired) electrons. The Bertz CT molecular complexity index is 357. The Morgan fingerprint density at radius 2 is 1.95 bits per heavy atom. The third kappa shape index (κ3) is 5.40. The van der Waals surface area contributed by atoms with E-state index in [4.69, 9.17) is 0 Å². The summed E-state index contributed by atoms with van der Waals surface area (Å²) in [6, 6.07) is 0.477. The predicted octanol–water partition coefficient (Wildman–Crippen LogP) is 1.18. The van der Waals surface area contributed by atoms with Crippen molar-refractivity contribution in [3.05, 3.63) is 0 Å². The Balaban J connectivity index is 2.60. The number of ketones is 1. The van der Waals surface area contributed by atoms with E-state index >= 15 is 0 Å². The second kappa shape index (κ2) is 8.49. The molecule has 0 aromatic carbocycles. The molecule has 1 aliphatic heterocycles. The highest BCUT2D eigenvalue weighted by molar-refractivity contribution is 5.88. The standard InChI is InChI=1S/C16H31N3O2/c1-6-13-9-19(14(7-2)8-17-13)10-15(21)18-16(11(3)4)12(5)20/h11,13-14,16-17H,6-10H2,1-5H3,(H,18,21). The minimum atomic E-state index is -0.373. The predicted molar refractivity (Wildman–Crippen MR) is 85.2 cm³/mol. The van der Waals surface area contributed by atoms with Crippen LogP contribution in [0.15, 0.2) is 0 Å². The fourth-order valence-corrected chi connectivity index (χ4v) is 2.94. The molecule has 0 aromatic heterocycles. The molecule has 1 rings (SSSR count). The zero-order valence-electron chi connectivity index (χ0n) is 14.1. The van der Waals surface area contributed by atoms with Crippen molar-refractivity contribution in [1.29, 1.82) is 0 Å². The van der Waals surface area contributed by atoms with E-state index in [9.17, 15) is 9.59 Å². The van der Waals surface area contributed by atoms with Crippen LogP contribution in [0.25, 0.3) is 0 Å². The molecule has 21 heavy (non-hydrogen) atoms. The first-order chi connectivity index (χ1) is 9.88. The summed E-state index contributed by atoms with van der Waals surface area (Å²) in [5, 5.41) is 6.41. The molecule has 2 N–H and O–H groups in total. The first-order valence-electron chi connectivity index (χ1n) is 8.16. The van der Waals surface area contributed by atoms with Crippen molar-refractivity contribution < 1.29 is 9.59 Å². The third-order valence-corrected chi connectivity index (χ3v) is 4.35.